The van der Waals surface area contributed by atoms with E-state index in [1.807, 2.05) is 4.90 Å². The Kier molecular flexibility index (Phi) is 5.32. The standard InChI is InChI=1S/C17H22FNO3S2/c1-24(21,22)23-13-8-10-19(11-9-13)16(17(20)12-6-7-12)14-4-2-3-5-15(14)18/h2-5,12-13,16H,6-11H2,1H3. The summed E-state index contributed by atoms with van der Waals surface area (Å²) in [6.07, 6.45) is 4.40. The van der Waals surface area contributed by atoms with Crippen LogP contribution >= 0.6 is 10.8 Å². The third-order valence-electron chi connectivity index (χ3n) is 4.60. The van der Waals surface area contributed by atoms with Gasteiger partial charge in [-0.05, 0) is 42.5 Å². The SMILES string of the molecule is CS(=O)(=O)SC1CCN(C(C(=O)C2CC2)c2ccccc2F)CC1. The number of carbonyl (C=O) groups excluding carboxylic acids is 1. The Bertz CT molecular complexity index is 710. The normalized spacial score (nSPS) is 21.6. The highest BCUT2D eigenvalue weighted by molar-refractivity contribution is 8.72. The average molecular weight is 371 g/mol. The molecule has 4 nitrogen and oxygen atoms in total. The van der Waals surface area contributed by atoms with Gasteiger partial charge in [0.05, 0.1) is 6.04 Å². The molecule has 1 atom stereocenters. The highest BCUT2D eigenvalue weighted by Gasteiger charge is 2.40. The van der Waals surface area contributed by atoms with E-state index < -0.39 is 14.9 Å². The first-order valence-electron chi connectivity index (χ1n) is 8.25. The van der Waals surface area contributed by atoms with Gasteiger partial charge in [0.25, 0.3) is 0 Å². The third-order valence-corrected chi connectivity index (χ3v) is 7.56. The lowest BCUT2D eigenvalue weighted by atomic mass is 9.95. The van der Waals surface area contributed by atoms with Crippen molar-refractivity contribution in [2.45, 2.75) is 37.0 Å². The van der Waals surface area contributed by atoms with E-state index in [-0.39, 0.29) is 22.8 Å². The molecule has 1 saturated heterocycles. The van der Waals surface area contributed by atoms with Crippen LogP contribution in [0.4, 0.5) is 4.39 Å². The van der Waals surface area contributed by atoms with Crippen LogP contribution in [0.15, 0.2) is 24.3 Å². The van der Waals surface area contributed by atoms with Crippen LogP contribution in [-0.2, 0) is 13.7 Å². The van der Waals surface area contributed by atoms with Crippen molar-refractivity contribution in [1.29, 1.82) is 0 Å². The molecule has 0 spiro atoms. The molecule has 3 rings (SSSR count). The van der Waals surface area contributed by atoms with E-state index in [9.17, 15) is 17.6 Å². The van der Waals surface area contributed by atoms with Gasteiger partial charge in [-0.25, -0.2) is 12.8 Å². The topological polar surface area (TPSA) is 54.5 Å². The van der Waals surface area contributed by atoms with Crippen molar-refractivity contribution in [3.05, 3.63) is 35.6 Å². The highest BCUT2D eigenvalue weighted by atomic mass is 33.1. The largest absolute Gasteiger partial charge is 0.297 e. The van der Waals surface area contributed by atoms with Gasteiger partial charge < -0.3 is 0 Å². The number of hydrogen-bond donors (Lipinski definition) is 0. The zero-order valence-corrected chi connectivity index (χ0v) is 15.3. The number of benzene rings is 1. The molecule has 1 aromatic rings. The second-order valence-corrected chi connectivity index (χ2v) is 11.3. The molecule has 2 aliphatic rings. The Morgan fingerprint density at radius 1 is 1.21 bits per heavy atom. The molecule has 0 amide bonds. The van der Waals surface area contributed by atoms with Crippen LogP contribution < -0.4 is 0 Å². The Balaban J connectivity index is 1.76. The summed E-state index contributed by atoms with van der Waals surface area (Å²) in [5.74, 6) is -0.184. The monoisotopic (exact) mass is 371 g/mol. The second kappa shape index (κ2) is 7.14. The molecule has 1 aliphatic carbocycles. The van der Waals surface area contributed by atoms with Gasteiger partial charge in [0, 0.05) is 36.1 Å². The number of nitrogens with zero attached hydrogens (tertiary/aromatic N) is 1. The number of ketones is 1. The summed E-state index contributed by atoms with van der Waals surface area (Å²) in [4.78, 5) is 14.8. The number of rotatable bonds is 6. The fourth-order valence-electron chi connectivity index (χ4n) is 3.30. The van der Waals surface area contributed by atoms with Gasteiger partial charge in [-0.1, -0.05) is 18.2 Å². The van der Waals surface area contributed by atoms with Crippen LogP contribution in [0.1, 0.15) is 37.3 Å². The van der Waals surface area contributed by atoms with Gasteiger partial charge >= 0.3 is 0 Å². The first-order chi connectivity index (χ1) is 11.3. The second-order valence-electron chi connectivity index (χ2n) is 6.64. The van der Waals surface area contributed by atoms with Crippen LogP contribution in [0, 0.1) is 11.7 Å². The molecule has 1 aromatic carbocycles. The van der Waals surface area contributed by atoms with Crippen molar-refractivity contribution in [2.24, 2.45) is 5.92 Å². The number of halogens is 1. The molecular weight excluding hydrogens is 349 g/mol. The molecule has 1 aliphatic heterocycles. The van der Waals surface area contributed by atoms with Crippen LogP contribution in [-0.4, -0.2) is 43.7 Å². The van der Waals surface area contributed by atoms with E-state index in [2.05, 4.69) is 0 Å². The Morgan fingerprint density at radius 2 is 1.83 bits per heavy atom. The van der Waals surface area contributed by atoms with Crippen molar-refractivity contribution in [2.75, 3.05) is 19.3 Å². The zero-order chi connectivity index (χ0) is 17.3. The average Bonchev–Trinajstić information content (AvgIpc) is 3.34. The van der Waals surface area contributed by atoms with Gasteiger partial charge in [0.15, 0.2) is 14.7 Å². The summed E-state index contributed by atoms with van der Waals surface area (Å²) in [6.45, 7) is 1.23. The summed E-state index contributed by atoms with van der Waals surface area (Å²) in [5.41, 5.74) is 0.448. The molecule has 132 valence electrons. The molecular formula is C17H22FNO3S2. The molecule has 0 aromatic heterocycles. The molecule has 7 heteroatoms. The fraction of sp³-hybridized carbons (Fsp3) is 0.588. The van der Waals surface area contributed by atoms with Crippen molar-refractivity contribution in [3.63, 3.8) is 0 Å². The summed E-state index contributed by atoms with van der Waals surface area (Å²) >= 11 is 0. The van der Waals surface area contributed by atoms with E-state index in [4.69, 9.17) is 0 Å². The summed E-state index contributed by atoms with van der Waals surface area (Å²) in [7, 11) is -2.06. The highest BCUT2D eigenvalue weighted by Crippen LogP contribution is 2.39. The minimum absolute atomic E-state index is 0.0496. The predicted octanol–water partition coefficient (Wildman–Crippen LogP) is 3.00. The molecule has 2 fully saturated rings. The first kappa shape index (κ1) is 17.9. The summed E-state index contributed by atoms with van der Waals surface area (Å²) in [6, 6.07) is 5.94. The van der Waals surface area contributed by atoms with Gasteiger partial charge in [-0.3, -0.25) is 9.69 Å². The predicted molar refractivity (Wildman–Crippen MR) is 93.9 cm³/mol. The minimum Gasteiger partial charge on any atom is -0.297 e. The van der Waals surface area contributed by atoms with Crippen molar-refractivity contribution >= 4 is 25.4 Å². The van der Waals surface area contributed by atoms with Crippen molar-refractivity contribution in [1.82, 2.24) is 4.90 Å². The number of likely N-dealkylation sites (tertiary alicyclic amines) is 1. The van der Waals surface area contributed by atoms with Crippen molar-refractivity contribution in [3.8, 4) is 0 Å². The van der Waals surface area contributed by atoms with Crippen LogP contribution in [0.3, 0.4) is 0 Å². The number of piperidine rings is 1. The van der Waals surface area contributed by atoms with Gasteiger partial charge in [0.1, 0.15) is 5.82 Å². The van der Waals surface area contributed by atoms with E-state index in [0.717, 1.165) is 23.6 Å². The van der Waals surface area contributed by atoms with Gasteiger partial charge in [-0.2, -0.15) is 0 Å². The maximum absolute atomic E-state index is 14.3. The third kappa shape index (κ3) is 4.37. The lowest BCUT2D eigenvalue weighted by molar-refractivity contribution is -0.126. The lowest BCUT2D eigenvalue weighted by Gasteiger charge is -2.36. The quantitative estimate of drug-likeness (QED) is 0.720. The Morgan fingerprint density at radius 3 is 2.38 bits per heavy atom. The smallest absolute Gasteiger partial charge is 0.198 e. The minimum atomic E-state index is -3.07. The number of carbonyl (C=O) groups is 1. The molecule has 1 saturated carbocycles. The molecule has 24 heavy (non-hydrogen) atoms. The first-order valence-corrected chi connectivity index (χ1v) is 11.5. The molecule has 0 radical (unpaired) electrons. The molecule has 1 heterocycles. The zero-order valence-electron chi connectivity index (χ0n) is 13.7. The maximum atomic E-state index is 14.3. The van der Waals surface area contributed by atoms with Gasteiger partial charge in [0.2, 0.25) is 0 Å². The molecule has 0 bridgehead atoms. The van der Waals surface area contributed by atoms with E-state index in [1.165, 1.54) is 12.3 Å². The fourth-order valence-corrected chi connectivity index (χ4v) is 6.25. The summed E-state index contributed by atoms with van der Waals surface area (Å²) < 4.78 is 37.1. The van der Waals surface area contributed by atoms with Crippen molar-refractivity contribution < 1.29 is 17.6 Å². The number of Topliss-reactive ketones (excluding diaryl/α,β-unsaturated/α-hetero) is 1. The van der Waals surface area contributed by atoms with Gasteiger partial charge in [-0.15, -0.1) is 0 Å². The van der Waals surface area contributed by atoms with E-state index >= 15 is 0 Å². The van der Waals surface area contributed by atoms with Crippen LogP contribution in [0.25, 0.3) is 0 Å². The van der Waals surface area contributed by atoms with E-state index in [0.29, 0.717) is 31.5 Å². The molecule has 1 unspecified atom stereocenters. The Hall–Kier alpha value is -0.920. The Labute approximate surface area is 146 Å². The van der Waals surface area contributed by atoms with Crippen LogP contribution in [0.5, 0.6) is 0 Å². The lowest BCUT2D eigenvalue weighted by Crippen LogP contribution is -2.42. The van der Waals surface area contributed by atoms with E-state index in [1.54, 1.807) is 18.2 Å². The number of hydrogen-bond acceptors (Lipinski definition) is 5. The van der Waals surface area contributed by atoms with Crippen LogP contribution in [0.2, 0.25) is 0 Å². The molecule has 0 N–H and O–H groups in total. The summed E-state index contributed by atoms with van der Waals surface area (Å²) in [5, 5.41) is 0.0496. The maximum Gasteiger partial charge on any atom is 0.198 e.